The predicted molar refractivity (Wildman–Crippen MR) is 127 cm³/mol. The van der Waals surface area contributed by atoms with Gasteiger partial charge < -0.3 is 20.3 Å². The maximum atomic E-state index is 13.8. The molecule has 2 atom stereocenters. The van der Waals surface area contributed by atoms with Crippen molar-refractivity contribution in [3.05, 3.63) is 35.4 Å². The minimum atomic E-state index is -1.10. The Morgan fingerprint density at radius 3 is 2.50 bits per heavy atom. The van der Waals surface area contributed by atoms with Crippen molar-refractivity contribution < 1.29 is 32.7 Å². The van der Waals surface area contributed by atoms with Gasteiger partial charge in [0.2, 0.25) is 11.8 Å². The van der Waals surface area contributed by atoms with E-state index in [-0.39, 0.29) is 24.1 Å². The van der Waals surface area contributed by atoms with Gasteiger partial charge in [0, 0.05) is 30.8 Å². The number of nitrogens with one attached hydrogen (secondary N) is 3. The molecule has 10 nitrogen and oxygen atoms in total. The van der Waals surface area contributed by atoms with Gasteiger partial charge in [-0.15, -0.1) is 0 Å². The van der Waals surface area contributed by atoms with E-state index < -0.39 is 47.9 Å². The summed E-state index contributed by atoms with van der Waals surface area (Å²) in [6.45, 7) is 8.09. The van der Waals surface area contributed by atoms with Gasteiger partial charge in [-0.1, -0.05) is 6.07 Å². The van der Waals surface area contributed by atoms with E-state index in [0.717, 1.165) is 30.3 Å². The number of hydrogen-bond donors (Lipinski definition) is 3. The van der Waals surface area contributed by atoms with Gasteiger partial charge in [-0.2, -0.15) is 0 Å². The zero-order chi connectivity index (χ0) is 27.0. The van der Waals surface area contributed by atoms with Crippen molar-refractivity contribution in [1.82, 2.24) is 26.0 Å². The Hall–Kier alpha value is -3.44. The summed E-state index contributed by atoms with van der Waals surface area (Å²) < 4.78 is 32.1. The Morgan fingerprint density at radius 1 is 1.19 bits per heavy atom. The number of piperidine rings is 1. The molecule has 1 aromatic rings. The molecule has 1 fully saturated rings. The number of halogens is 2. The number of carbonyl (C=O) groups excluding carboxylic acids is 4. The molecule has 2 rings (SSSR count). The SMILES string of the molecule is C[C@H](NC(=O)N(CC(=O)N1CCCC[C@@H]1C)NC(=O)OC(C)(C)C)C(=O)NCc1ccc(F)cc1F. The van der Waals surface area contributed by atoms with Gasteiger partial charge in [0.05, 0.1) is 0 Å². The van der Waals surface area contributed by atoms with E-state index in [9.17, 15) is 28.0 Å². The molecule has 1 aliphatic heterocycles. The van der Waals surface area contributed by atoms with Crippen LogP contribution in [0.1, 0.15) is 59.4 Å². The number of likely N-dealkylation sites (tertiary alicyclic amines) is 1. The monoisotopic (exact) mass is 511 g/mol. The molecular weight excluding hydrogens is 476 g/mol. The van der Waals surface area contributed by atoms with Gasteiger partial charge in [-0.25, -0.2) is 28.8 Å². The van der Waals surface area contributed by atoms with Crippen molar-refractivity contribution in [3.63, 3.8) is 0 Å². The second kappa shape index (κ2) is 12.5. The third-order valence-electron chi connectivity index (χ3n) is 5.49. The second-order valence-electron chi connectivity index (χ2n) is 9.76. The normalized spacial score (nSPS) is 16.5. The first-order chi connectivity index (χ1) is 16.8. The van der Waals surface area contributed by atoms with Gasteiger partial charge >= 0.3 is 12.1 Å². The highest BCUT2D eigenvalue weighted by molar-refractivity contribution is 5.89. The fraction of sp³-hybridized carbons (Fsp3) is 0.583. The van der Waals surface area contributed by atoms with Crippen LogP contribution in [0.15, 0.2) is 18.2 Å². The zero-order valence-electron chi connectivity index (χ0n) is 21.3. The lowest BCUT2D eigenvalue weighted by Crippen LogP contribution is -2.58. The first kappa shape index (κ1) is 28.8. The smallest absolute Gasteiger partial charge is 0.426 e. The molecule has 0 radical (unpaired) electrons. The number of benzene rings is 1. The lowest BCUT2D eigenvalue weighted by molar-refractivity contribution is -0.135. The lowest BCUT2D eigenvalue weighted by atomic mass is 10.0. The average molecular weight is 512 g/mol. The number of ether oxygens (including phenoxy) is 1. The van der Waals surface area contributed by atoms with E-state index in [1.165, 1.54) is 13.0 Å². The summed E-state index contributed by atoms with van der Waals surface area (Å²) in [6, 6.07) is 0.952. The third kappa shape index (κ3) is 8.97. The summed E-state index contributed by atoms with van der Waals surface area (Å²) in [6.07, 6.45) is 1.73. The average Bonchev–Trinajstić information content (AvgIpc) is 2.76. The van der Waals surface area contributed by atoms with E-state index in [1.54, 1.807) is 25.7 Å². The van der Waals surface area contributed by atoms with E-state index in [2.05, 4.69) is 16.1 Å². The summed E-state index contributed by atoms with van der Waals surface area (Å²) in [4.78, 5) is 52.2. The minimum absolute atomic E-state index is 0.00533. The van der Waals surface area contributed by atoms with Crippen molar-refractivity contribution in [1.29, 1.82) is 0 Å². The molecule has 200 valence electrons. The molecule has 0 unspecified atom stereocenters. The number of nitrogens with zero attached hydrogens (tertiary/aromatic N) is 2. The Kier molecular flexibility index (Phi) is 10.00. The van der Waals surface area contributed by atoms with Crippen LogP contribution in [0.2, 0.25) is 0 Å². The third-order valence-corrected chi connectivity index (χ3v) is 5.49. The van der Waals surface area contributed by atoms with Crippen LogP contribution in [0.3, 0.4) is 0 Å². The van der Waals surface area contributed by atoms with Crippen molar-refractivity contribution >= 4 is 23.9 Å². The minimum Gasteiger partial charge on any atom is -0.443 e. The highest BCUT2D eigenvalue weighted by atomic mass is 19.1. The maximum absolute atomic E-state index is 13.8. The van der Waals surface area contributed by atoms with Gasteiger partial charge in [-0.3, -0.25) is 9.59 Å². The Bertz CT molecular complexity index is 969. The fourth-order valence-corrected chi connectivity index (χ4v) is 3.60. The zero-order valence-corrected chi connectivity index (χ0v) is 21.3. The summed E-state index contributed by atoms with van der Waals surface area (Å²) in [7, 11) is 0. The first-order valence-electron chi connectivity index (χ1n) is 11.9. The van der Waals surface area contributed by atoms with Crippen LogP contribution in [0.4, 0.5) is 18.4 Å². The number of urea groups is 1. The van der Waals surface area contributed by atoms with Gasteiger partial charge in [-0.05, 0) is 59.9 Å². The van der Waals surface area contributed by atoms with Gasteiger partial charge in [0.15, 0.2) is 0 Å². The molecule has 0 aliphatic carbocycles. The van der Waals surface area contributed by atoms with Crippen LogP contribution in [-0.4, -0.2) is 64.6 Å². The Morgan fingerprint density at radius 2 is 1.89 bits per heavy atom. The largest absolute Gasteiger partial charge is 0.443 e. The van der Waals surface area contributed by atoms with E-state index in [1.807, 2.05) is 6.92 Å². The van der Waals surface area contributed by atoms with Crippen molar-refractivity contribution in [2.75, 3.05) is 13.1 Å². The highest BCUT2D eigenvalue weighted by Crippen LogP contribution is 2.17. The molecule has 5 amide bonds. The number of amides is 5. The molecule has 1 aliphatic rings. The molecule has 0 aromatic heterocycles. The predicted octanol–water partition coefficient (Wildman–Crippen LogP) is 2.82. The van der Waals surface area contributed by atoms with E-state index in [0.29, 0.717) is 12.6 Å². The summed E-state index contributed by atoms with van der Waals surface area (Å²) in [5.74, 6) is -2.57. The fourth-order valence-electron chi connectivity index (χ4n) is 3.60. The molecule has 3 N–H and O–H groups in total. The van der Waals surface area contributed by atoms with Crippen LogP contribution in [0, 0.1) is 11.6 Å². The van der Waals surface area contributed by atoms with Gasteiger partial charge in [0.1, 0.15) is 29.8 Å². The quantitative estimate of drug-likeness (QED) is 0.508. The summed E-state index contributed by atoms with van der Waals surface area (Å²) >= 11 is 0. The number of rotatable bonds is 6. The lowest BCUT2D eigenvalue weighted by Gasteiger charge is -2.35. The molecule has 1 saturated heterocycles. The van der Waals surface area contributed by atoms with Crippen LogP contribution in [0.25, 0.3) is 0 Å². The van der Waals surface area contributed by atoms with Crippen LogP contribution in [0.5, 0.6) is 0 Å². The van der Waals surface area contributed by atoms with Crippen LogP contribution >= 0.6 is 0 Å². The highest BCUT2D eigenvalue weighted by Gasteiger charge is 2.30. The maximum Gasteiger partial charge on any atom is 0.426 e. The molecular formula is C24H35F2N5O5. The molecule has 36 heavy (non-hydrogen) atoms. The number of hydrazine groups is 1. The molecule has 0 saturated carbocycles. The number of carbonyl (C=O) groups is 4. The topological polar surface area (TPSA) is 120 Å². The van der Waals surface area contributed by atoms with Crippen molar-refractivity contribution in [2.45, 2.75) is 78.1 Å². The Labute approximate surface area is 209 Å². The standard InChI is InChI=1S/C24H35F2N5O5/c1-15-8-6-7-11-30(15)20(32)14-31(29-23(35)36-24(3,4)5)22(34)28-16(2)21(33)27-13-17-9-10-18(25)12-19(17)26/h9-10,12,15-16H,6-8,11,13-14H2,1-5H3,(H,27,33)(H,28,34)(H,29,35)/t15-,16-/m0/s1. The second-order valence-corrected chi connectivity index (χ2v) is 9.76. The molecule has 1 heterocycles. The van der Waals surface area contributed by atoms with E-state index >= 15 is 0 Å². The molecule has 0 spiro atoms. The number of hydrogen-bond acceptors (Lipinski definition) is 5. The van der Waals surface area contributed by atoms with E-state index in [4.69, 9.17) is 4.74 Å². The van der Waals surface area contributed by atoms with Crippen LogP contribution in [-0.2, 0) is 20.9 Å². The van der Waals surface area contributed by atoms with Crippen LogP contribution < -0.4 is 16.1 Å². The molecule has 1 aromatic carbocycles. The molecule has 12 heteroatoms. The summed E-state index contributed by atoms with van der Waals surface area (Å²) in [5.41, 5.74) is 1.49. The van der Waals surface area contributed by atoms with Crippen molar-refractivity contribution in [2.24, 2.45) is 0 Å². The first-order valence-corrected chi connectivity index (χ1v) is 11.9. The van der Waals surface area contributed by atoms with Gasteiger partial charge in [0.25, 0.3) is 0 Å². The van der Waals surface area contributed by atoms with Crippen molar-refractivity contribution in [3.8, 4) is 0 Å². The summed E-state index contributed by atoms with van der Waals surface area (Å²) in [5, 5.41) is 5.62. The Balaban J connectivity index is 2.04. The molecule has 0 bridgehead atoms.